The van der Waals surface area contributed by atoms with Gasteiger partial charge in [0.2, 0.25) is 5.91 Å². The molecule has 6 heteroatoms. The van der Waals surface area contributed by atoms with Crippen LogP contribution in [0, 0.1) is 6.92 Å². The van der Waals surface area contributed by atoms with Gasteiger partial charge in [-0.05, 0) is 24.1 Å². The van der Waals surface area contributed by atoms with Crippen molar-refractivity contribution in [2.24, 2.45) is 5.73 Å². The Morgan fingerprint density at radius 1 is 0.920 bits per heavy atom. The molecule has 4 nitrogen and oxygen atoms in total. The Morgan fingerprint density at radius 2 is 1.48 bits per heavy atom. The average Bonchev–Trinajstić information content (AvgIpc) is 2.62. The van der Waals surface area contributed by atoms with E-state index in [0.717, 1.165) is 18.7 Å². The lowest BCUT2D eigenvalue weighted by atomic mass is 10.1. The van der Waals surface area contributed by atoms with Crippen molar-refractivity contribution < 1.29 is 4.79 Å². The van der Waals surface area contributed by atoms with Crippen LogP contribution in [0.5, 0.6) is 0 Å². The van der Waals surface area contributed by atoms with Crippen LogP contribution in [0.1, 0.15) is 17.2 Å². The quantitative estimate of drug-likeness (QED) is 0.887. The van der Waals surface area contributed by atoms with Gasteiger partial charge in [-0.2, -0.15) is 0 Å². The minimum Gasteiger partial charge on any atom is -0.368 e. The molecule has 1 fully saturated rings. The summed E-state index contributed by atoms with van der Waals surface area (Å²) in [5.74, 6) is 0.0145. The van der Waals surface area contributed by atoms with E-state index >= 15 is 0 Å². The zero-order chi connectivity index (χ0) is 16.2. The zero-order valence-corrected chi connectivity index (χ0v) is 15.9. The van der Waals surface area contributed by atoms with Crippen LogP contribution < -0.4 is 10.6 Å². The normalized spacial score (nSPS) is 15.0. The van der Waals surface area contributed by atoms with Crippen molar-refractivity contribution >= 4 is 36.4 Å². The van der Waals surface area contributed by atoms with Crippen LogP contribution in [0.2, 0.25) is 0 Å². The number of hydrogen-bond donors (Lipinski definition) is 1. The second kappa shape index (κ2) is 9.66. The van der Waals surface area contributed by atoms with Gasteiger partial charge in [0.05, 0.1) is 0 Å². The molecule has 0 bridgehead atoms. The summed E-state index contributed by atoms with van der Waals surface area (Å²) in [4.78, 5) is 16.8. The Labute approximate surface area is 161 Å². The van der Waals surface area contributed by atoms with E-state index in [4.69, 9.17) is 5.73 Å². The Kier molecular flexibility index (Phi) is 8.23. The van der Waals surface area contributed by atoms with Gasteiger partial charge in [-0.1, -0.05) is 48.5 Å². The second-order valence-electron chi connectivity index (χ2n) is 5.99. The molecule has 0 radical (unpaired) electrons. The number of aryl methyl sites for hydroxylation is 1. The van der Waals surface area contributed by atoms with Gasteiger partial charge in [-0.25, -0.2) is 0 Å². The Morgan fingerprint density at radius 3 is 2.08 bits per heavy atom. The van der Waals surface area contributed by atoms with Gasteiger partial charge in [0.1, 0.15) is 6.04 Å². The van der Waals surface area contributed by atoms with Gasteiger partial charge < -0.3 is 15.5 Å². The van der Waals surface area contributed by atoms with Crippen LogP contribution in [0.15, 0.2) is 54.6 Å². The van der Waals surface area contributed by atoms with E-state index in [0.29, 0.717) is 13.1 Å². The zero-order valence-electron chi connectivity index (χ0n) is 14.3. The van der Waals surface area contributed by atoms with Gasteiger partial charge in [0.25, 0.3) is 0 Å². The molecule has 2 aromatic rings. The van der Waals surface area contributed by atoms with E-state index in [1.165, 1.54) is 11.3 Å². The molecule has 3 rings (SSSR count). The van der Waals surface area contributed by atoms with E-state index in [-0.39, 0.29) is 30.7 Å². The summed E-state index contributed by atoms with van der Waals surface area (Å²) in [7, 11) is 0. The molecule has 0 aliphatic carbocycles. The summed E-state index contributed by atoms with van der Waals surface area (Å²) in [6, 6.07) is 17.4. The number of carbonyl (C=O) groups is 1. The standard InChI is InChI=1S/C19H23N3O.2ClH/c1-15-7-5-6-10-17(15)21-11-13-22(14-12-21)19(23)18(20)16-8-3-2-4-9-16;;/h2-10,18H,11-14,20H2,1H3;2*1H. The number of nitrogens with two attached hydrogens (primary N) is 1. The summed E-state index contributed by atoms with van der Waals surface area (Å²) in [6.45, 7) is 5.25. The highest BCUT2D eigenvalue weighted by molar-refractivity contribution is 5.85. The lowest BCUT2D eigenvalue weighted by Gasteiger charge is -2.37. The van der Waals surface area contributed by atoms with Crippen molar-refractivity contribution in [3.63, 3.8) is 0 Å². The molecule has 1 aliphatic rings. The van der Waals surface area contributed by atoms with Crippen molar-refractivity contribution in [2.75, 3.05) is 31.1 Å². The fraction of sp³-hybridized carbons (Fsp3) is 0.316. The van der Waals surface area contributed by atoms with Crippen molar-refractivity contribution in [3.8, 4) is 0 Å². The van der Waals surface area contributed by atoms with Gasteiger partial charge in [0, 0.05) is 31.9 Å². The molecular formula is C19H25Cl2N3O. The van der Waals surface area contributed by atoms with Crippen molar-refractivity contribution in [1.29, 1.82) is 0 Å². The van der Waals surface area contributed by atoms with Crippen LogP contribution in [0.25, 0.3) is 0 Å². The molecule has 1 unspecified atom stereocenters. The maximum Gasteiger partial charge on any atom is 0.244 e. The largest absolute Gasteiger partial charge is 0.368 e. The lowest BCUT2D eigenvalue weighted by Crippen LogP contribution is -2.51. The van der Waals surface area contributed by atoms with Crippen molar-refractivity contribution in [2.45, 2.75) is 13.0 Å². The summed E-state index contributed by atoms with van der Waals surface area (Å²) in [5.41, 5.74) is 9.54. The van der Waals surface area contributed by atoms with Gasteiger partial charge in [0.15, 0.2) is 0 Å². The third-order valence-electron chi connectivity index (χ3n) is 4.47. The second-order valence-corrected chi connectivity index (χ2v) is 5.99. The molecule has 1 heterocycles. The molecule has 136 valence electrons. The van der Waals surface area contributed by atoms with Crippen LogP contribution in [0.4, 0.5) is 5.69 Å². The van der Waals surface area contributed by atoms with Crippen LogP contribution in [-0.4, -0.2) is 37.0 Å². The number of nitrogens with zero attached hydrogens (tertiary/aromatic N) is 2. The highest BCUT2D eigenvalue weighted by Gasteiger charge is 2.26. The molecular weight excluding hydrogens is 357 g/mol. The van der Waals surface area contributed by atoms with Crippen LogP contribution in [-0.2, 0) is 4.79 Å². The Bertz CT molecular complexity index is 673. The molecule has 1 aliphatic heterocycles. The molecule has 2 aromatic carbocycles. The monoisotopic (exact) mass is 381 g/mol. The predicted molar refractivity (Wildman–Crippen MR) is 108 cm³/mol. The lowest BCUT2D eigenvalue weighted by molar-refractivity contribution is -0.133. The fourth-order valence-electron chi connectivity index (χ4n) is 3.09. The average molecular weight is 382 g/mol. The van der Waals surface area contributed by atoms with E-state index in [9.17, 15) is 4.79 Å². The predicted octanol–water partition coefficient (Wildman–Crippen LogP) is 3.19. The third-order valence-corrected chi connectivity index (χ3v) is 4.47. The van der Waals surface area contributed by atoms with Gasteiger partial charge >= 0.3 is 0 Å². The summed E-state index contributed by atoms with van der Waals surface area (Å²) < 4.78 is 0. The first kappa shape index (κ1) is 21.3. The first-order valence-corrected chi connectivity index (χ1v) is 8.06. The number of para-hydroxylation sites is 1. The maximum atomic E-state index is 12.6. The first-order valence-electron chi connectivity index (χ1n) is 8.06. The van der Waals surface area contributed by atoms with Crippen molar-refractivity contribution in [1.82, 2.24) is 4.90 Å². The SMILES string of the molecule is Cc1ccccc1N1CCN(C(=O)C(N)c2ccccc2)CC1.Cl.Cl. The number of carbonyl (C=O) groups excluding carboxylic acids is 1. The maximum absolute atomic E-state index is 12.6. The summed E-state index contributed by atoms with van der Waals surface area (Å²) in [5, 5.41) is 0. The number of amides is 1. The van der Waals surface area contributed by atoms with E-state index < -0.39 is 6.04 Å². The topological polar surface area (TPSA) is 49.6 Å². The summed E-state index contributed by atoms with van der Waals surface area (Å²) in [6.07, 6.45) is 0. The fourth-order valence-corrected chi connectivity index (χ4v) is 3.09. The minimum absolute atomic E-state index is 0. The molecule has 1 atom stereocenters. The molecule has 0 aromatic heterocycles. The van der Waals surface area contributed by atoms with E-state index in [2.05, 4.69) is 36.1 Å². The number of benzene rings is 2. The molecule has 2 N–H and O–H groups in total. The highest BCUT2D eigenvalue weighted by atomic mass is 35.5. The van der Waals surface area contributed by atoms with Crippen molar-refractivity contribution in [3.05, 3.63) is 65.7 Å². The number of piperazine rings is 1. The molecule has 1 amide bonds. The van der Waals surface area contributed by atoms with E-state index in [1.54, 1.807) is 0 Å². The third kappa shape index (κ3) is 4.88. The number of halogens is 2. The molecule has 0 saturated carbocycles. The van der Waals surface area contributed by atoms with Gasteiger partial charge in [-0.3, -0.25) is 4.79 Å². The Hall–Kier alpha value is -1.75. The molecule has 0 spiro atoms. The van der Waals surface area contributed by atoms with Crippen LogP contribution in [0.3, 0.4) is 0 Å². The Balaban J connectivity index is 0.00000156. The number of anilines is 1. The number of rotatable bonds is 3. The smallest absolute Gasteiger partial charge is 0.244 e. The van der Waals surface area contributed by atoms with Crippen LogP contribution >= 0.6 is 24.8 Å². The minimum atomic E-state index is -0.568. The van der Waals surface area contributed by atoms with E-state index in [1.807, 2.05) is 35.2 Å². The molecule has 1 saturated heterocycles. The molecule has 25 heavy (non-hydrogen) atoms. The highest BCUT2D eigenvalue weighted by Crippen LogP contribution is 2.22. The van der Waals surface area contributed by atoms with Gasteiger partial charge in [-0.15, -0.1) is 24.8 Å². The summed E-state index contributed by atoms with van der Waals surface area (Å²) >= 11 is 0. The first-order chi connectivity index (χ1) is 11.2. The number of hydrogen-bond acceptors (Lipinski definition) is 3.